The van der Waals surface area contributed by atoms with Crippen LogP contribution in [0.3, 0.4) is 0 Å². The lowest BCUT2D eigenvalue weighted by atomic mass is 9.72. The molecule has 4 rings (SSSR count). The van der Waals surface area contributed by atoms with Crippen LogP contribution < -0.4 is 34.4 Å². The van der Waals surface area contributed by atoms with Crippen LogP contribution in [0, 0.1) is 17.2 Å². The molecule has 4 aliphatic rings. The van der Waals surface area contributed by atoms with Gasteiger partial charge in [0.1, 0.15) is 36.6 Å². The predicted molar refractivity (Wildman–Crippen MR) is 143 cm³/mol. The number of nitrogens with zero attached hydrogens (tertiary/aromatic N) is 1. The van der Waals surface area contributed by atoms with E-state index in [4.69, 9.17) is 63.3 Å². The highest BCUT2D eigenvalue weighted by molar-refractivity contribution is 5.05. The largest absolute Gasteiger partial charge is 0.394 e. The van der Waals surface area contributed by atoms with Gasteiger partial charge >= 0.3 is 0 Å². The topological polar surface area (TPSA) is 327 Å². The first-order valence-electron chi connectivity index (χ1n) is 14.4. The maximum atomic E-state index is 11.2. The number of nitriles is 1. The Kier molecular flexibility index (Phi) is 11.5. The van der Waals surface area contributed by atoms with Gasteiger partial charge in [0.25, 0.3) is 0 Å². The molecule has 3 aliphatic heterocycles. The van der Waals surface area contributed by atoms with Crippen LogP contribution in [0.15, 0.2) is 0 Å². The van der Waals surface area contributed by atoms with Crippen molar-refractivity contribution < 1.29 is 49.2 Å². The Bertz CT molecular complexity index is 919. The number of nitrogens with two attached hydrogens (primary N) is 6. The molecule has 17 nitrogen and oxygen atoms in total. The Balaban J connectivity index is 1.52. The number of rotatable bonds is 9. The molecule has 0 aromatic rings. The molecule has 3 saturated heterocycles. The van der Waals surface area contributed by atoms with Crippen LogP contribution >= 0.6 is 0 Å². The zero-order valence-electron chi connectivity index (χ0n) is 23.3. The van der Waals surface area contributed by atoms with Gasteiger partial charge in [-0.15, -0.1) is 0 Å². The van der Waals surface area contributed by atoms with Crippen molar-refractivity contribution in [1.82, 2.24) is 0 Å². The molecule has 1 aliphatic carbocycles. The second-order valence-corrected chi connectivity index (χ2v) is 11.8. The maximum absolute atomic E-state index is 11.2. The minimum absolute atomic E-state index is 0.0825. The zero-order chi connectivity index (χ0) is 30.9. The Labute approximate surface area is 243 Å². The summed E-state index contributed by atoms with van der Waals surface area (Å²) in [6, 6.07) is -1.60. The van der Waals surface area contributed by atoms with E-state index in [1.165, 1.54) is 0 Å². The van der Waals surface area contributed by atoms with Crippen LogP contribution in [0.5, 0.6) is 0 Å². The number of aliphatic hydroxyl groups is 5. The summed E-state index contributed by atoms with van der Waals surface area (Å²) >= 11 is 0. The van der Waals surface area contributed by atoms with Crippen LogP contribution in [0.1, 0.15) is 25.7 Å². The standard InChI is InChI=1S/C25H47N7O10/c26-4-3-8(28)12-2-1-9(29)21(38-12)15-10(30)5-11(31)17(34)23(15)42-25-20(37)22(14(7-33)40-25)41-24-16(32)19(36)18(35)13(6-27)39-24/h8-25,33-37H,1-3,5-7,27-32H2/t8-,9+,10-,11+,12-,13-,14+,15?,16+,17-,18+,19+,20+,21-,22+,23-,24+,25-/m0/s1. The third kappa shape index (κ3) is 6.74. The SMILES string of the molecule is N#CC[C@H](N)[C@@H]1CC[C@@H](N)[C@@H](C2[C@@H](N)C[C@@H](N)[C@H](O)[C@H]2O[C@@H]2O[C@H](CO)[C@@H](O[C@H]3O[C@@H](CN)[C@@H](O)[C@H](O)[C@H]3N)[C@H]2O)O1. The van der Waals surface area contributed by atoms with Crippen molar-refractivity contribution in [3.8, 4) is 6.07 Å². The highest BCUT2D eigenvalue weighted by Gasteiger charge is 2.55. The van der Waals surface area contributed by atoms with E-state index in [0.29, 0.717) is 12.8 Å². The van der Waals surface area contributed by atoms with Crippen LogP contribution in [0.4, 0.5) is 0 Å². The van der Waals surface area contributed by atoms with Gasteiger partial charge in [-0.25, -0.2) is 0 Å². The highest BCUT2D eigenvalue weighted by Crippen LogP contribution is 2.38. The number of aliphatic hydroxyl groups excluding tert-OH is 5. The summed E-state index contributed by atoms with van der Waals surface area (Å²) in [6.07, 6.45) is -12.6. The second-order valence-electron chi connectivity index (χ2n) is 11.8. The fourth-order valence-electron chi connectivity index (χ4n) is 6.46. The summed E-state index contributed by atoms with van der Waals surface area (Å²) in [5.41, 5.74) is 37.0. The molecule has 0 aromatic heterocycles. The van der Waals surface area contributed by atoms with Crippen molar-refractivity contribution in [1.29, 1.82) is 5.26 Å². The minimum atomic E-state index is -1.53. The van der Waals surface area contributed by atoms with Gasteiger partial charge in [0.15, 0.2) is 12.6 Å². The molecule has 18 atom stereocenters. The average Bonchev–Trinajstić information content (AvgIpc) is 3.26. The summed E-state index contributed by atoms with van der Waals surface area (Å²) in [4.78, 5) is 0. The molecule has 42 heavy (non-hydrogen) atoms. The summed E-state index contributed by atoms with van der Waals surface area (Å²) in [5.74, 6) is -0.702. The Hall–Kier alpha value is -1.15. The fourth-order valence-corrected chi connectivity index (χ4v) is 6.46. The molecule has 0 aromatic carbocycles. The van der Waals surface area contributed by atoms with Crippen molar-refractivity contribution in [2.45, 2.75) is 130 Å². The first-order chi connectivity index (χ1) is 19.9. The number of hydrogen-bond acceptors (Lipinski definition) is 17. The summed E-state index contributed by atoms with van der Waals surface area (Å²) in [5, 5.41) is 61.9. The van der Waals surface area contributed by atoms with Crippen LogP contribution in [-0.4, -0.2) is 143 Å². The molecule has 17 N–H and O–H groups in total. The monoisotopic (exact) mass is 605 g/mol. The molecule has 17 heteroatoms. The lowest BCUT2D eigenvalue weighted by Crippen LogP contribution is -2.67. The molecule has 1 unspecified atom stereocenters. The highest BCUT2D eigenvalue weighted by atomic mass is 16.7. The first kappa shape index (κ1) is 33.7. The van der Waals surface area contributed by atoms with Crippen LogP contribution in [0.2, 0.25) is 0 Å². The van der Waals surface area contributed by atoms with E-state index in [0.717, 1.165) is 0 Å². The normalized spacial score (nSPS) is 50.8. The van der Waals surface area contributed by atoms with E-state index < -0.39 is 116 Å². The van der Waals surface area contributed by atoms with Gasteiger partial charge < -0.3 is 83.6 Å². The van der Waals surface area contributed by atoms with E-state index in [9.17, 15) is 25.5 Å². The molecular weight excluding hydrogens is 558 g/mol. The Morgan fingerprint density at radius 2 is 1.48 bits per heavy atom. The number of hydrogen-bond donors (Lipinski definition) is 11. The molecule has 0 bridgehead atoms. The van der Waals surface area contributed by atoms with Crippen LogP contribution in [0.25, 0.3) is 0 Å². The van der Waals surface area contributed by atoms with Crippen molar-refractivity contribution in [2.24, 2.45) is 40.3 Å². The molecule has 0 radical (unpaired) electrons. The smallest absolute Gasteiger partial charge is 0.187 e. The fraction of sp³-hybridized carbons (Fsp3) is 0.960. The lowest BCUT2D eigenvalue weighted by Gasteiger charge is -2.50. The van der Waals surface area contributed by atoms with E-state index in [2.05, 4.69) is 0 Å². The zero-order valence-corrected chi connectivity index (χ0v) is 23.3. The van der Waals surface area contributed by atoms with Gasteiger partial charge in [-0.3, -0.25) is 0 Å². The van der Waals surface area contributed by atoms with Gasteiger partial charge in [-0.1, -0.05) is 0 Å². The third-order valence-electron chi connectivity index (χ3n) is 8.95. The molecule has 4 fully saturated rings. The molecular formula is C25H47N7O10. The summed E-state index contributed by atoms with van der Waals surface area (Å²) in [7, 11) is 0. The first-order valence-corrected chi connectivity index (χ1v) is 14.4. The Morgan fingerprint density at radius 3 is 2.12 bits per heavy atom. The van der Waals surface area contributed by atoms with Crippen LogP contribution in [-0.2, 0) is 23.7 Å². The lowest BCUT2D eigenvalue weighted by molar-refractivity contribution is -0.280. The number of ether oxygens (including phenoxy) is 5. The van der Waals surface area contributed by atoms with Gasteiger partial charge in [-0.05, 0) is 19.3 Å². The average molecular weight is 606 g/mol. The minimum Gasteiger partial charge on any atom is -0.394 e. The van der Waals surface area contributed by atoms with E-state index in [1.807, 2.05) is 6.07 Å². The maximum Gasteiger partial charge on any atom is 0.187 e. The quantitative estimate of drug-likeness (QED) is 0.116. The molecule has 242 valence electrons. The van der Waals surface area contributed by atoms with Crippen molar-refractivity contribution in [3.63, 3.8) is 0 Å². The van der Waals surface area contributed by atoms with E-state index >= 15 is 0 Å². The van der Waals surface area contributed by atoms with Gasteiger partial charge in [0, 0.05) is 36.6 Å². The second kappa shape index (κ2) is 14.3. The predicted octanol–water partition coefficient (Wildman–Crippen LogP) is -6.28. The molecule has 0 amide bonds. The van der Waals surface area contributed by atoms with Gasteiger partial charge in [0.2, 0.25) is 0 Å². The van der Waals surface area contributed by atoms with E-state index in [-0.39, 0.29) is 19.4 Å². The molecule has 1 saturated carbocycles. The van der Waals surface area contributed by atoms with Crippen molar-refractivity contribution >= 4 is 0 Å². The third-order valence-corrected chi connectivity index (χ3v) is 8.95. The van der Waals surface area contributed by atoms with Gasteiger partial charge in [-0.2, -0.15) is 5.26 Å². The van der Waals surface area contributed by atoms with Gasteiger partial charge in [0.05, 0.1) is 49.6 Å². The summed E-state index contributed by atoms with van der Waals surface area (Å²) < 4.78 is 29.7. The Morgan fingerprint density at radius 1 is 0.810 bits per heavy atom. The summed E-state index contributed by atoms with van der Waals surface area (Å²) in [6.45, 7) is -0.738. The van der Waals surface area contributed by atoms with Crippen molar-refractivity contribution in [2.75, 3.05) is 13.2 Å². The molecule has 3 heterocycles. The van der Waals surface area contributed by atoms with Crippen molar-refractivity contribution in [3.05, 3.63) is 0 Å². The molecule has 0 spiro atoms. The van der Waals surface area contributed by atoms with E-state index in [1.54, 1.807) is 0 Å².